The zero-order valence-corrected chi connectivity index (χ0v) is 11.8. The SMILES string of the molecule is O=[N+]([O-])c1cc2c(cc1NCCC1CCNC1)OCCO2. The van der Waals surface area contributed by atoms with Crippen molar-refractivity contribution in [1.82, 2.24) is 5.32 Å². The highest BCUT2D eigenvalue weighted by Gasteiger charge is 2.22. The van der Waals surface area contributed by atoms with E-state index in [1.165, 1.54) is 12.5 Å². The van der Waals surface area contributed by atoms with Crippen molar-refractivity contribution in [2.45, 2.75) is 12.8 Å². The third kappa shape index (κ3) is 3.18. The molecule has 0 saturated carbocycles. The Balaban J connectivity index is 1.71. The number of rotatable bonds is 5. The van der Waals surface area contributed by atoms with Crippen LogP contribution in [-0.2, 0) is 0 Å². The smallest absolute Gasteiger partial charge is 0.296 e. The first-order valence-corrected chi connectivity index (χ1v) is 7.26. The molecule has 1 fully saturated rings. The highest BCUT2D eigenvalue weighted by Crippen LogP contribution is 2.39. The summed E-state index contributed by atoms with van der Waals surface area (Å²) in [6, 6.07) is 3.10. The van der Waals surface area contributed by atoms with Crippen molar-refractivity contribution in [3.05, 3.63) is 22.2 Å². The molecule has 0 radical (unpaired) electrons. The first kappa shape index (κ1) is 13.9. The molecule has 2 aliphatic heterocycles. The quantitative estimate of drug-likeness (QED) is 0.636. The van der Waals surface area contributed by atoms with E-state index in [0.717, 1.165) is 19.5 Å². The third-order valence-electron chi connectivity index (χ3n) is 3.89. The van der Waals surface area contributed by atoms with E-state index in [9.17, 15) is 10.1 Å². The van der Waals surface area contributed by atoms with Gasteiger partial charge in [0, 0.05) is 12.6 Å². The minimum atomic E-state index is -0.391. The summed E-state index contributed by atoms with van der Waals surface area (Å²) in [5, 5.41) is 17.7. The van der Waals surface area contributed by atoms with Crippen molar-refractivity contribution in [2.75, 3.05) is 38.2 Å². The number of benzene rings is 1. The summed E-state index contributed by atoms with van der Waals surface area (Å²) in [4.78, 5) is 10.8. The van der Waals surface area contributed by atoms with Crippen molar-refractivity contribution in [1.29, 1.82) is 0 Å². The lowest BCUT2D eigenvalue weighted by Crippen LogP contribution is -2.17. The third-order valence-corrected chi connectivity index (χ3v) is 3.89. The molecule has 7 heteroatoms. The molecule has 0 bridgehead atoms. The molecule has 0 spiro atoms. The van der Waals surface area contributed by atoms with Gasteiger partial charge < -0.3 is 20.1 Å². The summed E-state index contributed by atoms with van der Waals surface area (Å²) < 4.78 is 10.9. The second-order valence-corrected chi connectivity index (χ2v) is 5.34. The number of nitro groups is 1. The Bertz CT molecular complexity index is 529. The second-order valence-electron chi connectivity index (χ2n) is 5.34. The van der Waals surface area contributed by atoms with Crippen molar-refractivity contribution in [2.24, 2.45) is 5.92 Å². The van der Waals surface area contributed by atoms with E-state index in [-0.39, 0.29) is 5.69 Å². The zero-order chi connectivity index (χ0) is 14.7. The van der Waals surface area contributed by atoms with Gasteiger partial charge in [-0.1, -0.05) is 0 Å². The fourth-order valence-electron chi connectivity index (χ4n) is 2.74. The van der Waals surface area contributed by atoms with E-state index in [2.05, 4.69) is 10.6 Å². The van der Waals surface area contributed by atoms with Gasteiger partial charge in [0.15, 0.2) is 11.5 Å². The minimum Gasteiger partial charge on any atom is -0.486 e. The van der Waals surface area contributed by atoms with Gasteiger partial charge in [-0.25, -0.2) is 0 Å². The van der Waals surface area contributed by atoms with Crippen molar-refractivity contribution in [3.8, 4) is 11.5 Å². The first-order chi connectivity index (χ1) is 10.2. The van der Waals surface area contributed by atoms with Crippen LogP contribution in [0.25, 0.3) is 0 Å². The van der Waals surface area contributed by atoms with Gasteiger partial charge in [0.1, 0.15) is 18.9 Å². The van der Waals surface area contributed by atoms with E-state index in [0.29, 0.717) is 42.9 Å². The van der Waals surface area contributed by atoms with Crippen LogP contribution in [0, 0.1) is 16.0 Å². The monoisotopic (exact) mass is 293 g/mol. The van der Waals surface area contributed by atoms with Crippen LogP contribution >= 0.6 is 0 Å². The van der Waals surface area contributed by atoms with Crippen molar-refractivity contribution >= 4 is 11.4 Å². The van der Waals surface area contributed by atoms with Crippen LogP contribution in [0.4, 0.5) is 11.4 Å². The van der Waals surface area contributed by atoms with E-state index >= 15 is 0 Å². The Kier molecular flexibility index (Phi) is 4.10. The lowest BCUT2D eigenvalue weighted by atomic mass is 10.1. The lowest BCUT2D eigenvalue weighted by molar-refractivity contribution is -0.384. The molecule has 0 aliphatic carbocycles. The average molecular weight is 293 g/mol. The second kappa shape index (κ2) is 6.17. The molecule has 1 unspecified atom stereocenters. The molecular weight excluding hydrogens is 274 g/mol. The number of hydrogen-bond acceptors (Lipinski definition) is 6. The lowest BCUT2D eigenvalue weighted by Gasteiger charge is -2.19. The molecule has 114 valence electrons. The van der Waals surface area contributed by atoms with E-state index in [1.807, 2.05) is 0 Å². The Labute approximate surface area is 122 Å². The number of fused-ring (bicyclic) bond motifs is 1. The van der Waals surface area contributed by atoms with Crippen LogP contribution < -0.4 is 20.1 Å². The molecule has 2 N–H and O–H groups in total. The van der Waals surface area contributed by atoms with Gasteiger partial charge in [-0.2, -0.15) is 0 Å². The molecule has 1 saturated heterocycles. The maximum atomic E-state index is 11.2. The summed E-state index contributed by atoms with van der Waals surface area (Å²) in [5.74, 6) is 1.66. The molecule has 1 aromatic carbocycles. The fourth-order valence-corrected chi connectivity index (χ4v) is 2.74. The van der Waals surface area contributed by atoms with Crippen LogP contribution in [0.2, 0.25) is 0 Å². The Morgan fingerprint density at radius 3 is 2.76 bits per heavy atom. The van der Waals surface area contributed by atoms with Crippen LogP contribution in [-0.4, -0.2) is 37.8 Å². The molecular formula is C14H19N3O4. The molecule has 1 atom stereocenters. The molecule has 2 aliphatic rings. The zero-order valence-electron chi connectivity index (χ0n) is 11.8. The van der Waals surface area contributed by atoms with Crippen molar-refractivity contribution in [3.63, 3.8) is 0 Å². The summed E-state index contributed by atoms with van der Waals surface area (Å²) in [7, 11) is 0. The fraction of sp³-hybridized carbons (Fsp3) is 0.571. The van der Waals surface area contributed by atoms with Crippen LogP contribution in [0.15, 0.2) is 12.1 Å². The van der Waals surface area contributed by atoms with Gasteiger partial charge in [0.25, 0.3) is 5.69 Å². The van der Waals surface area contributed by atoms with Gasteiger partial charge in [-0.15, -0.1) is 0 Å². The number of anilines is 1. The summed E-state index contributed by atoms with van der Waals surface area (Å²) in [6.45, 7) is 3.70. The number of hydrogen-bond donors (Lipinski definition) is 2. The topological polar surface area (TPSA) is 85.7 Å². The highest BCUT2D eigenvalue weighted by molar-refractivity contribution is 5.68. The normalized spacial score (nSPS) is 20.3. The summed E-state index contributed by atoms with van der Waals surface area (Å²) in [6.07, 6.45) is 2.17. The highest BCUT2D eigenvalue weighted by atomic mass is 16.6. The van der Waals surface area contributed by atoms with Gasteiger partial charge in [0.05, 0.1) is 11.0 Å². The molecule has 0 aromatic heterocycles. The van der Waals surface area contributed by atoms with E-state index in [1.54, 1.807) is 6.07 Å². The number of ether oxygens (including phenoxy) is 2. The van der Waals surface area contributed by atoms with Gasteiger partial charge in [0.2, 0.25) is 0 Å². The van der Waals surface area contributed by atoms with Gasteiger partial charge in [-0.3, -0.25) is 10.1 Å². The summed E-state index contributed by atoms with van der Waals surface area (Å²) in [5.41, 5.74) is 0.527. The summed E-state index contributed by atoms with van der Waals surface area (Å²) >= 11 is 0. The van der Waals surface area contributed by atoms with Crippen LogP contribution in [0.5, 0.6) is 11.5 Å². The van der Waals surface area contributed by atoms with Gasteiger partial charge in [-0.05, 0) is 31.8 Å². The molecule has 7 nitrogen and oxygen atoms in total. The first-order valence-electron chi connectivity index (χ1n) is 7.26. The Morgan fingerprint density at radius 1 is 1.33 bits per heavy atom. The maximum absolute atomic E-state index is 11.2. The minimum absolute atomic E-state index is 0.0313. The molecule has 2 heterocycles. The molecule has 3 rings (SSSR count). The molecule has 1 aromatic rings. The number of nitro benzene ring substituents is 1. The predicted octanol–water partition coefficient (Wildman–Crippen LogP) is 1.78. The maximum Gasteiger partial charge on any atom is 0.296 e. The van der Waals surface area contributed by atoms with Crippen LogP contribution in [0.1, 0.15) is 12.8 Å². The Morgan fingerprint density at radius 2 is 2.10 bits per heavy atom. The van der Waals surface area contributed by atoms with Crippen molar-refractivity contribution < 1.29 is 14.4 Å². The molecule has 0 amide bonds. The predicted molar refractivity (Wildman–Crippen MR) is 78.2 cm³/mol. The number of nitrogens with one attached hydrogen (secondary N) is 2. The Hall–Kier alpha value is -2.02. The standard InChI is InChI=1S/C14H19N3O4/c18-17(19)12-8-14-13(20-5-6-21-14)7-11(12)16-4-2-10-1-3-15-9-10/h7-8,10,15-16H,1-6,9H2. The largest absolute Gasteiger partial charge is 0.486 e. The number of nitrogens with zero attached hydrogens (tertiary/aromatic N) is 1. The van der Waals surface area contributed by atoms with E-state index in [4.69, 9.17) is 9.47 Å². The molecule has 21 heavy (non-hydrogen) atoms. The van der Waals surface area contributed by atoms with Crippen LogP contribution in [0.3, 0.4) is 0 Å². The van der Waals surface area contributed by atoms with E-state index < -0.39 is 4.92 Å². The average Bonchev–Trinajstić information content (AvgIpc) is 2.99. The van der Waals surface area contributed by atoms with Gasteiger partial charge >= 0.3 is 0 Å².